The number of aromatic nitrogens is 2. The average molecular weight is 300 g/mol. The third kappa shape index (κ3) is 3.94. The van der Waals surface area contributed by atoms with E-state index in [4.69, 9.17) is 0 Å². The molecule has 0 aliphatic rings. The lowest BCUT2D eigenvalue weighted by molar-refractivity contribution is -0.120. The van der Waals surface area contributed by atoms with E-state index in [2.05, 4.69) is 34.6 Å². The van der Waals surface area contributed by atoms with Gasteiger partial charge in [-0.05, 0) is 24.0 Å². The molecule has 0 saturated heterocycles. The van der Waals surface area contributed by atoms with Gasteiger partial charge < -0.3 is 5.10 Å². The number of aromatic amines is 2. The van der Waals surface area contributed by atoms with Crippen LogP contribution in [0.3, 0.4) is 0 Å². The Balaban J connectivity index is 1.92. The summed E-state index contributed by atoms with van der Waals surface area (Å²) in [7, 11) is 0. The van der Waals surface area contributed by atoms with E-state index in [1.165, 1.54) is 5.56 Å². The molecule has 0 atom stereocenters. The van der Waals surface area contributed by atoms with Crippen molar-refractivity contribution in [1.29, 1.82) is 0 Å². The lowest BCUT2D eigenvalue weighted by Crippen LogP contribution is -2.23. The molecule has 6 nitrogen and oxygen atoms in total. The van der Waals surface area contributed by atoms with Gasteiger partial charge in [-0.15, -0.1) is 0 Å². The van der Waals surface area contributed by atoms with Crippen LogP contribution in [0.4, 0.5) is 0 Å². The number of carbonyl (C=O) groups is 1. The third-order valence-electron chi connectivity index (χ3n) is 3.43. The molecular weight excluding hydrogens is 280 g/mol. The number of hydrogen-bond acceptors (Lipinski definition) is 3. The van der Waals surface area contributed by atoms with E-state index in [0.29, 0.717) is 17.2 Å². The standard InChI is InChI=1S/C16H20N4O2/c1-10(2)13-6-4-12(5-7-13)9-17-19-15(21)8-14-11(3)18-20-16(14)22/h4-7,9-10H,8H2,1-3H3,(H,19,21)(H2,18,20,22)/b17-9-. The fourth-order valence-corrected chi connectivity index (χ4v) is 2.03. The Kier molecular flexibility index (Phi) is 4.93. The second kappa shape index (κ2) is 6.89. The molecule has 0 bridgehead atoms. The summed E-state index contributed by atoms with van der Waals surface area (Å²) < 4.78 is 0. The minimum absolute atomic E-state index is 0.00566. The molecule has 1 heterocycles. The summed E-state index contributed by atoms with van der Waals surface area (Å²) in [6.07, 6.45) is 1.57. The molecule has 116 valence electrons. The molecule has 22 heavy (non-hydrogen) atoms. The quantitative estimate of drug-likeness (QED) is 0.581. The molecule has 0 saturated carbocycles. The summed E-state index contributed by atoms with van der Waals surface area (Å²) in [5.41, 5.74) is 5.39. The smallest absolute Gasteiger partial charge is 0.267 e. The van der Waals surface area contributed by atoms with E-state index in [0.717, 1.165) is 5.56 Å². The fraction of sp³-hybridized carbons (Fsp3) is 0.312. The highest BCUT2D eigenvalue weighted by Crippen LogP contribution is 2.13. The van der Waals surface area contributed by atoms with E-state index in [1.54, 1.807) is 13.1 Å². The van der Waals surface area contributed by atoms with Crippen molar-refractivity contribution < 1.29 is 4.79 Å². The van der Waals surface area contributed by atoms with Gasteiger partial charge in [-0.2, -0.15) is 5.10 Å². The van der Waals surface area contributed by atoms with E-state index < -0.39 is 0 Å². The summed E-state index contributed by atoms with van der Waals surface area (Å²) in [6, 6.07) is 7.98. The minimum Gasteiger partial charge on any atom is -0.302 e. The second-order valence-corrected chi connectivity index (χ2v) is 5.47. The van der Waals surface area contributed by atoms with Crippen LogP contribution in [0.5, 0.6) is 0 Å². The molecule has 0 radical (unpaired) electrons. The molecule has 0 fully saturated rings. The Bertz CT molecular complexity index is 723. The number of nitrogens with one attached hydrogen (secondary N) is 3. The van der Waals surface area contributed by atoms with Gasteiger partial charge in [-0.1, -0.05) is 38.1 Å². The zero-order chi connectivity index (χ0) is 16.1. The molecule has 0 unspecified atom stereocenters. The first-order chi connectivity index (χ1) is 10.5. The van der Waals surface area contributed by atoms with Gasteiger partial charge in [0.15, 0.2) is 0 Å². The number of benzene rings is 1. The third-order valence-corrected chi connectivity index (χ3v) is 3.43. The average Bonchev–Trinajstić information content (AvgIpc) is 2.79. The van der Waals surface area contributed by atoms with Crippen molar-refractivity contribution in [2.75, 3.05) is 0 Å². The molecule has 3 N–H and O–H groups in total. The second-order valence-electron chi connectivity index (χ2n) is 5.47. The van der Waals surface area contributed by atoms with Crippen LogP contribution in [0.1, 0.15) is 42.1 Å². The van der Waals surface area contributed by atoms with Crippen molar-refractivity contribution in [1.82, 2.24) is 15.6 Å². The number of H-pyrrole nitrogens is 2. The maximum Gasteiger partial charge on any atom is 0.267 e. The van der Waals surface area contributed by atoms with Crippen molar-refractivity contribution in [2.24, 2.45) is 5.10 Å². The number of nitrogens with zero attached hydrogens (tertiary/aromatic N) is 1. The predicted molar refractivity (Wildman–Crippen MR) is 86.1 cm³/mol. The SMILES string of the molecule is Cc1[nH][nH]c(=O)c1CC(=O)N/N=C\c1ccc(C(C)C)cc1. The summed E-state index contributed by atoms with van der Waals surface area (Å²) in [4.78, 5) is 23.2. The van der Waals surface area contributed by atoms with Crippen LogP contribution in [-0.4, -0.2) is 22.3 Å². The highest BCUT2D eigenvalue weighted by Gasteiger charge is 2.10. The maximum atomic E-state index is 11.8. The van der Waals surface area contributed by atoms with Gasteiger partial charge in [0.25, 0.3) is 5.56 Å². The molecule has 6 heteroatoms. The minimum atomic E-state index is -0.330. The lowest BCUT2D eigenvalue weighted by Gasteiger charge is -2.04. The molecule has 0 aliphatic carbocycles. The topological polar surface area (TPSA) is 90.1 Å². The fourth-order valence-electron chi connectivity index (χ4n) is 2.03. The van der Waals surface area contributed by atoms with E-state index in [-0.39, 0.29) is 17.9 Å². The predicted octanol–water partition coefficient (Wildman–Crippen LogP) is 1.83. The number of aryl methyl sites for hydroxylation is 1. The van der Waals surface area contributed by atoms with Crippen molar-refractivity contribution in [2.45, 2.75) is 33.1 Å². The van der Waals surface area contributed by atoms with Gasteiger partial charge in [-0.25, -0.2) is 5.43 Å². The number of carbonyl (C=O) groups excluding carboxylic acids is 1. The summed E-state index contributed by atoms with van der Waals surface area (Å²) in [6.45, 7) is 6.00. The molecule has 1 amide bonds. The van der Waals surface area contributed by atoms with Crippen LogP contribution in [0.25, 0.3) is 0 Å². The zero-order valence-corrected chi connectivity index (χ0v) is 12.9. The monoisotopic (exact) mass is 300 g/mol. The van der Waals surface area contributed by atoms with Crippen LogP contribution in [0, 0.1) is 6.92 Å². The molecule has 2 aromatic rings. The first kappa shape index (κ1) is 15.8. The molecular formula is C16H20N4O2. The molecule has 0 aliphatic heterocycles. The van der Waals surface area contributed by atoms with Crippen molar-refractivity contribution in [3.8, 4) is 0 Å². The molecule has 1 aromatic heterocycles. The van der Waals surface area contributed by atoms with Crippen molar-refractivity contribution >= 4 is 12.1 Å². The van der Waals surface area contributed by atoms with Crippen molar-refractivity contribution in [3.05, 3.63) is 57.0 Å². The van der Waals surface area contributed by atoms with Gasteiger partial charge >= 0.3 is 0 Å². The van der Waals surface area contributed by atoms with E-state index in [1.807, 2.05) is 24.3 Å². The number of rotatable bonds is 5. The van der Waals surface area contributed by atoms with Crippen LogP contribution in [0.2, 0.25) is 0 Å². The molecule has 2 rings (SSSR count). The van der Waals surface area contributed by atoms with Gasteiger partial charge in [0.05, 0.1) is 12.6 Å². The van der Waals surface area contributed by atoms with Gasteiger partial charge in [-0.3, -0.25) is 14.7 Å². The number of hydrogen-bond donors (Lipinski definition) is 3. The van der Waals surface area contributed by atoms with Crippen LogP contribution in [-0.2, 0) is 11.2 Å². The highest BCUT2D eigenvalue weighted by molar-refractivity contribution is 5.83. The summed E-state index contributed by atoms with van der Waals surface area (Å²) in [5, 5.41) is 9.03. The zero-order valence-electron chi connectivity index (χ0n) is 12.9. The van der Waals surface area contributed by atoms with Crippen LogP contribution < -0.4 is 11.0 Å². The van der Waals surface area contributed by atoms with E-state index >= 15 is 0 Å². The Morgan fingerprint density at radius 1 is 1.27 bits per heavy atom. The van der Waals surface area contributed by atoms with Crippen LogP contribution >= 0.6 is 0 Å². The first-order valence-corrected chi connectivity index (χ1v) is 7.15. The Morgan fingerprint density at radius 3 is 2.50 bits per heavy atom. The Morgan fingerprint density at radius 2 is 1.95 bits per heavy atom. The van der Waals surface area contributed by atoms with Crippen LogP contribution in [0.15, 0.2) is 34.2 Å². The number of hydrazone groups is 1. The van der Waals surface area contributed by atoms with Crippen molar-refractivity contribution in [3.63, 3.8) is 0 Å². The largest absolute Gasteiger partial charge is 0.302 e. The Hall–Kier alpha value is -2.63. The van der Waals surface area contributed by atoms with Gasteiger partial charge in [0, 0.05) is 11.3 Å². The molecule has 1 aromatic carbocycles. The lowest BCUT2D eigenvalue weighted by atomic mass is 10.0. The Labute approximate surface area is 128 Å². The first-order valence-electron chi connectivity index (χ1n) is 7.15. The number of amides is 1. The summed E-state index contributed by atoms with van der Waals surface area (Å²) >= 11 is 0. The highest BCUT2D eigenvalue weighted by atomic mass is 16.2. The van der Waals surface area contributed by atoms with E-state index in [9.17, 15) is 9.59 Å². The van der Waals surface area contributed by atoms with Gasteiger partial charge in [0.2, 0.25) is 5.91 Å². The maximum absolute atomic E-state index is 11.8. The molecule has 0 spiro atoms. The van der Waals surface area contributed by atoms with Gasteiger partial charge in [0.1, 0.15) is 0 Å². The summed E-state index contributed by atoms with van der Waals surface area (Å²) in [5.74, 6) is 0.150. The normalized spacial score (nSPS) is 11.3.